The van der Waals surface area contributed by atoms with E-state index in [1.165, 1.54) is 18.6 Å². The molecule has 2 aliphatic rings. The summed E-state index contributed by atoms with van der Waals surface area (Å²) in [7, 11) is -2.24. The summed E-state index contributed by atoms with van der Waals surface area (Å²) in [6.07, 6.45) is 1.37. The molecule has 3 atom stereocenters. The summed E-state index contributed by atoms with van der Waals surface area (Å²) in [5.74, 6) is -2.90. The predicted octanol–water partition coefficient (Wildman–Crippen LogP) is 5.24. The van der Waals surface area contributed by atoms with Crippen LogP contribution in [0.5, 0.6) is 0 Å². The van der Waals surface area contributed by atoms with Gasteiger partial charge in [-0.3, -0.25) is 4.90 Å². The van der Waals surface area contributed by atoms with Crippen molar-refractivity contribution < 1.29 is 26.0 Å². The van der Waals surface area contributed by atoms with Crippen molar-refractivity contribution in [2.24, 2.45) is 5.92 Å². The smallest absolute Gasteiger partial charge is 0.379 e. The fraction of sp³-hybridized carbons (Fsp3) is 0.565. The van der Waals surface area contributed by atoms with Gasteiger partial charge in [0.25, 0.3) is 0 Å². The van der Waals surface area contributed by atoms with E-state index in [1.54, 1.807) is 0 Å². The van der Waals surface area contributed by atoms with Gasteiger partial charge in [-0.2, -0.15) is 13.2 Å². The topological polar surface area (TPSA) is 75.2 Å². The number of rotatable bonds is 7. The standard InChI is InChI=1S/C23H27ClF4N4O2S/c1-32(16-3-2-4-16)21-9-14(23(26,27)28)5-6-19(21)31-20-11-18(25)22(10-17(20)24)35(33,34)12-15-7-8-29-13-30-15/h7-8,10-11,13-14,16,19,21,31H,2-6,9,12H2,1H3/t14-,19-,21-/m0/s1. The molecule has 0 amide bonds. The van der Waals surface area contributed by atoms with Crippen LogP contribution in [0.2, 0.25) is 5.02 Å². The zero-order valence-corrected chi connectivity index (χ0v) is 20.7. The third kappa shape index (κ3) is 5.89. The first-order chi connectivity index (χ1) is 16.5. The Morgan fingerprint density at radius 2 is 1.94 bits per heavy atom. The van der Waals surface area contributed by atoms with Gasteiger partial charge in [0.05, 0.1) is 28.1 Å². The Kier molecular flexibility index (Phi) is 7.59. The molecule has 2 fully saturated rings. The third-order valence-electron chi connectivity index (χ3n) is 7.13. The fourth-order valence-corrected chi connectivity index (χ4v) is 6.53. The molecule has 0 aliphatic heterocycles. The van der Waals surface area contributed by atoms with Gasteiger partial charge in [-0.15, -0.1) is 0 Å². The van der Waals surface area contributed by atoms with E-state index >= 15 is 0 Å². The van der Waals surface area contributed by atoms with Crippen LogP contribution in [0, 0.1) is 11.7 Å². The lowest BCUT2D eigenvalue weighted by Gasteiger charge is -2.47. The second kappa shape index (κ2) is 10.2. The van der Waals surface area contributed by atoms with Crippen molar-refractivity contribution in [1.82, 2.24) is 14.9 Å². The molecule has 2 aromatic rings. The van der Waals surface area contributed by atoms with Crippen LogP contribution in [0.4, 0.5) is 23.2 Å². The Morgan fingerprint density at radius 1 is 1.20 bits per heavy atom. The largest absolute Gasteiger partial charge is 0.391 e. The van der Waals surface area contributed by atoms with Gasteiger partial charge in [0, 0.05) is 24.3 Å². The van der Waals surface area contributed by atoms with Crippen LogP contribution in [-0.4, -0.2) is 54.6 Å². The van der Waals surface area contributed by atoms with Crippen molar-refractivity contribution in [1.29, 1.82) is 0 Å². The van der Waals surface area contributed by atoms with Crippen LogP contribution in [0.25, 0.3) is 0 Å². The number of sulfone groups is 1. The molecule has 1 heterocycles. The Balaban J connectivity index is 1.56. The van der Waals surface area contributed by atoms with Crippen LogP contribution in [0.15, 0.2) is 35.6 Å². The molecule has 1 aromatic carbocycles. The second-order valence-corrected chi connectivity index (χ2v) is 11.7. The van der Waals surface area contributed by atoms with Gasteiger partial charge >= 0.3 is 6.18 Å². The summed E-state index contributed by atoms with van der Waals surface area (Å²) >= 11 is 6.35. The lowest BCUT2D eigenvalue weighted by molar-refractivity contribution is -0.188. The number of benzene rings is 1. The number of likely N-dealkylation sites (N-methyl/N-ethyl adjacent to an activating group) is 1. The normalized spacial score (nSPS) is 23.8. The van der Waals surface area contributed by atoms with E-state index in [0.29, 0.717) is 0 Å². The van der Waals surface area contributed by atoms with Gasteiger partial charge in [-0.1, -0.05) is 18.0 Å². The van der Waals surface area contributed by atoms with E-state index in [4.69, 9.17) is 11.6 Å². The van der Waals surface area contributed by atoms with Gasteiger partial charge in [-0.25, -0.2) is 22.8 Å². The Hall–Kier alpha value is -1.98. The van der Waals surface area contributed by atoms with Crippen LogP contribution in [0.3, 0.4) is 0 Å². The van der Waals surface area contributed by atoms with Crippen LogP contribution in [-0.2, 0) is 15.6 Å². The van der Waals surface area contributed by atoms with Gasteiger partial charge in [0.2, 0.25) is 0 Å². The first-order valence-corrected chi connectivity index (χ1v) is 13.5. The highest BCUT2D eigenvalue weighted by Crippen LogP contribution is 2.42. The molecule has 1 N–H and O–H groups in total. The summed E-state index contributed by atoms with van der Waals surface area (Å²) < 4.78 is 81.0. The van der Waals surface area contributed by atoms with E-state index in [9.17, 15) is 26.0 Å². The van der Waals surface area contributed by atoms with E-state index in [-0.39, 0.29) is 47.8 Å². The molecular weight excluding hydrogens is 508 g/mol. The van der Waals surface area contributed by atoms with E-state index < -0.39 is 44.4 Å². The first-order valence-electron chi connectivity index (χ1n) is 11.5. The van der Waals surface area contributed by atoms with Gasteiger partial charge in [0.1, 0.15) is 17.0 Å². The third-order valence-corrected chi connectivity index (χ3v) is 9.10. The molecule has 2 aliphatic carbocycles. The van der Waals surface area contributed by atoms with Crippen LogP contribution >= 0.6 is 11.6 Å². The molecule has 1 aromatic heterocycles. The van der Waals surface area contributed by atoms with Gasteiger partial charge in [0.15, 0.2) is 9.84 Å². The van der Waals surface area contributed by atoms with Gasteiger partial charge < -0.3 is 5.32 Å². The van der Waals surface area contributed by atoms with Crippen molar-refractivity contribution in [3.63, 3.8) is 0 Å². The number of nitrogens with zero attached hydrogens (tertiary/aromatic N) is 3. The first kappa shape index (κ1) is 26.1. The molecule has 4 rings (SSSR count). The van der Waals surface area contributed by atoms with Crippen LogP contribution < -0.4 is 5.32 Å². The lowest BCUT2D eigenvalue weighted by Crippen LogP contribution is -2.55. The van der Waals surface area contributed by atoms with E-state index in [2.05, 4.69) is 15.3 Å². The molecule has 12 heteroatoms. The summed E-state index contributed by atoms with van der Waals surface area (Å²) in [5, 5.41) is 3.11. The summed E-state index contributed by atoms with van der Waals surface area (Å²) in [4.78, 5) is 9.04. The minimum Gasteiger partial charge on any atom is -0.379 e. The molecule has 0 spiro atoms. The van der Waals surface area contributed by atoms with Crippen LogP contribution in [0.1, 0.15) is 44.2 Å². The summed E-state index contributed by atoms with van der Waals surface area (Å²) in [6, 6.07) is 2.88. The molecule has 192 valence electrons. The molecule has 0 unspecified atom stereocenters. The zero-order chi connectivity index (χ0) is 25.4. The highest BCUT2D eigenvalue weighted by Gasteiger charge is 2.47. The molecule has 0 radical (unpaired) electrons. The lowest BCUT2D eigenvalue weighted by atomic mass is 9.79. The molecule has 2 saturated carbocycles. The fourth-order valence-electron chi connectivity index (χ4n) is 4.88. The molecule has 35 heavy (non-hydrogen) atoms. The van der Waals surface area contributed by atoms with Crippen molar-refractivity contribution in [3.05, 3.63) is 47.3 Å². The minimum absolute atomic E-state index is 0.0179. The number of alkyl halides is 3. The Labute approximate surface area is 207 Å². The average Bonchev–Trinajstić information content (AvgIpc) is 2.74. The number of hydrogen-bond acceptors (Lipinski definition) is 6. The maximum Gasteiger partial charge on any atom is 0.391 e. The number of hydrogen-bond donors (Lipinski definition) is 1. The van der Waals surface area contributed by atoms with Gasteiger partial charge in [-0.05, 0) is 57.4 Å². The quantitative estimate of drug-likeness (QED) is 0.490. The molecular formula is C23H27ClF4N4O2S. The predicted molar refractivity (Wildman–Crippen MR) is 124 cm³/mol. The number of anilines is 1. The average molecular weight is 535 g/mol. The van der Waals surface area contributed by atoms with Crippen molar-refractivity contribution in [2.45, 2.75) is 73.5 Å². The highest BCUT2D eigenvalue weighted by molar-refractivity contribution is 7.90. The zero-order valence-electron chi connectivity index (χ0n) is 19.1. The molecule has 6 nitrogen and oxygen atoms in total. The number of halogens is 5. The highest BCUT2D eigenvalue weighted by atomic mass is 35.5. The van der Waals surface area contributed by atoms with Crippen molar-refractivity contribution in [3.8, 4) is 0 Å². The van der Waals surface area contributed by atoms with Crippen molar-refractivity contribution >= 4 is 27.1 Å². The van der Waals surface area contributed by atoms with E-state index in [0.717, 1.165) is 31.4 Å². The molecule has 0 saturated heterocycles. The summed E-state index contributed by atoms with van der Waals surface area (Å²) in [5.41, 5.74) is 0.369. The number of nitrogens with one attached hydrogen (secondary N) is 1. The maximum absolute atomic E-state index is 15.0. The maximum atomic E-state index is 15.0. The Bertz CT molecular complexity index is 1150. The molecule has 0 bridgehead atoms. The Morgan fingerprint density at radius 3 is 2.54 bits per heavy atom. The minimum atomic E-state index is -4.27. The SMILES string of the molecule is CN(C1CCC1)[C@H]1C[C@@H](C(F)(F)F)CC[C@@H]1Nc1cc(F)c(S(=O)(=O)Cc2ccncn2)cc1Cl. The number of aromatic nitrogens is 2. The second-order valence-electron chi connectivity index (χ2n) is 9.34. The van der Waals surface area contributed by atoms with Crippen molar-refractivity contribution in [2.75, 3.05) is 12.4 Å². The van der Waals surface area contributed by atoms with E-state index in [1.807, 2.05) is 11.9 Å². The monoisotopic (exact) mass is 534 g/mol. The summed E-state index contributed by atoms with van der Waals surface area (Å²) in [6.45, 7) is 0.